The van der Waals surface area contributed by atoms with Crippen LogP contribution < -0.4 is 10.6 Å². The van der Waals surface area contributed by atoms with Crippen molar-refractivity contribution in [2.24, 2.45) is 7.05 Å². The van der Waals surface area contributed by atoms with E-state index in [0.29, 0.717) is 11.9 Å². The van der Waals surface area contributed by atoms with Gasteiger partial charge in [0, 0.05) is 30.4 Å². The summed E-state index contributed by atoms with van der Waals surface area (Å²) in [5, 5.41) is 11.8. The van der Waals surface area contributed by atoms with Crippen molar-refractivity contribution < 1.29 is 0 Å². The van der Waals surface area contributed by atoms with Crippen molar-refractivity contribution in [1.29, 1.82) is 0 Å². The molecule has 0 aliphatic carbocycles. The van der Waals surface area contributed by atoms with Crippen molar-refractivity contribution >= 4 is 40.1 Å². The zero-order valence-corrected chi connectivity index (χ0v) is 13.3. The third-order valence-electron chi connectivity index (χ3n) is 2.90. The topological polar surface area (TPSA) is 80.5 Å². The van der Waals surface area contributed by atoms with E-state index in [1.165, 1.54) is 0 Å². The molecule has 8 heteroatoms. The number of halogens is 1. The molecule has 0 fully saturated rings. The van der Waals surface area contributed by atoms with Crippen molar-refractivity contribution in [3.8, 4) is 0 Å². The van der Waals surface area contributed by atoms with Gasteiger partial charge in [0.1, 0.15) is 0 Å². The lowest BCUT2D eigenvalue weighted by atomic mass is 10.2. The van der Waals surface area contributed by atoms with Gasteiger partial charge in [0.05, 0.1) is 5.52 Å². The standard InChI is InChI=1S/C14H16ClN7/c1-8(2)16-13-18-12(15)19-14(20-13)17-10-4-5-11-9(6-10)7-22(3)21-11/h4-8H,1-3H3,(H2,16,17,18,19,20). The molecule has 7 nitrogen and oxygen atoms in total. The molecule has 3 aromatic rings. The first-order valence-corrected chi connectivity index (χ1v) is 7.26. The third kappa shape index (κ3) is 3.25. The van der Waals surface area contributed by atoms with Gasteiger partial charge in [-0.1, -0.05) is 0 Å². The van der Waals surface area contributed by atoms with E-state index in [0.717, 1.165) is 16.6 Å². The van der Waals surface area contributed by atoms with Crippen LogP contribution >= 0.6 is 11.6 Å². The van der Waals surface area contributed by atoms with Gasteiger partial charge in [-0.05, 0) is 43.6 Å². The summed E-state index contributed by atoms with van der Waals surface area (Å²) in [7, 11) is 1.89. The first-order chi connectivity index (χ1) is 10.5. The van der Waals surface area contributed by atoms with Crippen molar-refractivity contribution in [2.45, 2.75) is 19.9 Å². The number of nitrogens with zero attached hydrogens (tertiary/aromatic N) is 5. The van der Waals surface area contributed by atoms with Crippen molar-refractivity contribution in [1.82, 2.24) is 24.7 Å². The largest absolute Gasteiger partial charge is 0.352 e. The highest BCUT2D eigenvalue weighted by Gasteiger charge is 2.07. The van der Waals surface area contributed by atoms with Gasteiger partial charge in [0.2, 0.25) is 17.2 Å². The average molecular weight is 318 g/mol. The van der Waals surface area contributed by atoms with Crippen LogP contribution in [0.4, 0.5) is 17.6 Å². The van der Waals surface area contributed by atoms with Crippen LogP contribution in [0.3, 0.4) is 0 Å². The van der Waals surface area contributed by atoms with Gasteiger partial charge in [0.15, 0.2) is 0 Å². The summed E-state index contributed by atoms with van der Waals surface area (Å²) in [4.78, 5) is 12.4. The molecule has 2 heterocycles. The minimum atomic E-state index is 0.142. The van der Waals surface area contributed by atoms with Crippen molar-refractivity contribution in [3.63, 3.8) is 0 Å². The van der Waals surface area contributed by atoms with Gasteiger partial charge in [-0.2, -0.15) is 20.1 Å². The minimum absolute atomic E-state index is 0.142. The normalized spacial score (nSPS) is 11.1. The van der Waals surface area contributed by atoms with Crippen LogP contribution in [0.2, 0.25) is 5.28 Å². The molecule has 2 aromatic heterocycles. The summed E-state index contributed by atoms with van der Waals surface area (Å²) in [5.74, 6) is 0.839. The molecule has 0 saturated carbocycles. The van der Waals surface area contributed by atoms with E-state index in [2.05, 4.69) is 30.7 Å². The van der Waals surface area contributed by atoms with E-state index >= 15 is 0 Å². The van der Waals surface area contributed by atoms with E-state index in [-0.39, 0.29) is 11.3 Å². The van der Waals surface area contributed by atoms with Crippen molar-refractivity contribution in [3.05, 3.63) is 29.7 Å². The van der Waals surface area contributed by atoms with E-state index in [9.17, 15) is 0 Å². The minimum Gasteiger partial charge on any atom is -0.352 e. The van der Waals surface area contributed by atoms with Crippen LogP contribution in [0.5, 0.6) is 0 Å². The summed E-state index contributed by atoms with van der Waals surface area (Å²) < 4.78 is 1.78. The van der Waals surface area contributed by atoms with Gasteiger partial charge in [-0.25, -0.2) is 0 Å². The quantitative estimate of drug-likeness (QED) is 0.770. The highest BCUT2D eigenvalue weighted by Crippen LogP contribution is 2.21. The molecule has 0 spiro atoms. The zero-order chi connectivity index (χ0) is 15.7. The zero-order valence-electron chi connectivity index (χ0n) is 12.5. The number of hydrogen-bond donors (Lipinski definition) is 2. The predicted molar refractivity (Wildman–Crippen MR) is 87.6 cm³/mol. The van der Waals surface area contributed by atoms with Crippen LogP contribution in [-0.2, 0) is 7.05 Å². The van der Waals surface area contributed by atoms with E-state index in [4.69, 9.17) is 11.6 Å². The maximum Gasteiger partial charge on any atom is 0.233 e. The van der Waals surface area contributed by atoms with Gasteiger partial charge in [-0.3, -0.25) is 4.68 Å². The van der Waals surface area contributed by atoms with Crippen LogP contribution in [0.15, 0.2) is 24.4 Å². The Morgan fingerprint density at radius 1 is 1.14 bits per heavy atom. The molecular weight excluding hydrogens is 302 g/mol. The Bertz CT molecular complexity index is 812. The monoisotopic (exact) mass is 317 g/mol. The molecule has 22 heavy (non-hydrogen) atoms. The Hall–Kier alpha value is -2.41. The second-order valence-corrected chi connectivity index (χ2v) is 5.59. The number of nitrogens with one attached hydrogen (secondary N) is 2. The van der Waals surface area contributed by atoms with Gasteiger partial charge in [0.25, 0.3) is 0 Å². The second-order valence-electron chi connectivity index (χ2n) is 5.25. The van der Waals surface area contributed by atoms with E-state index in [1.807, 2.05) is 45.3 Å². The fourth-order valence-corrected chi connectivity index (χ4v) is 2.24. The number of rotatable bonds is 4. The molecule has 114 valence electrons. The summed E-state index contributed by atoms with van der Waals surface area (Å²) in [6.07, 6.45) is 1.95. The van der Waals surface area contributed by atoms with Crippen LogP contribution in [0.25, 0.3) is 10.9 Å². The predicted octanol–water partition coefficient (Wildman–Crippen LogP) is 2.98. The Morgan fingerprint density at radius 2 is 1.91 bits per heavy atom. The Balaban J connectivity index is 1.88. The fraction of sp³-hybridized carbons (Fsp3) is 0.286. The Kier molecular flexibility index (Phi) is 3.81. The average Bonchev–Trinajstić information content (AvgIpc) is 2.76. The molecule has 0 radical (unpaired) electrons. The highest BCUT2D eigenvalue weighted by atomic mass is 35.5. The second kappa shape index (κ2) is 5.76. The molecule has 1 aromatic carbocycles. The fourth-order valence-electron chi connectivity index (χ4n) is 2.08. The maximum atomic E-state index is 5.94. The molecule has 2 N–H and O–H groups in total. The van der Waals surface area contributed by atoms with E-state index < -0.39 is 0 Å². The molecule has 0 aliphatic rings. The molecule has 0 amide bonds. The SMILES string of the molecule is CC(C)Nc1nc(Cl)nc(Nc2ccc3nn(C)cc3c2)n1. The summed E-state index contributed by atoms with van der Waals surface area (Å²) in [6, 6.07) is 6.05. The number of benzene rings is 1. The first kappa shape index (κ1) is 14.5. The third-order valence-corrected chi connectivity index (χ3v) is 3.07. The number of anilines is 3. The number of hydrogen-bond acceptors (Lipinski definition) is 6. The lowest BCUT2D eigenvalue weighted by Crippen LogP contribution is -2.14. The number of aryl methyl sites for hydroxylation is 1. The van der Waals surface area contributed by atoms with Gasteiger partial charge >= 0.3 is 0 Å². The Labute approximate surface area is 132 Å². The van der Waals surface area contributed by atoms with Crippen molar-refractivity contribution in [2.75, 3.05) is 10.6 Å². The number of fused-ring (bicyclic) bond motifs is 1. The molecular formula is C14H16ClN7. The first-order valence-electron chi connectivity index (χ1n) is 6.88. The van der Waals surface area contributed by atoms with Gasteiger partial charge in [-0.15, -0.1) is 0 Å². The number of aromatic nitrogens is 5. The molecule has 0 saturated heterocycles. The Morgan fingerprint density at radius 3 is 2.68 bits per heavy atom. The summed E-state index contributed by atoms with van der Waals surface area (Å²) in [5.41, 5.74) is 1.79. The molecule has 3 rings (SSSR count). The lowest BCUT2D eigenvalue weighted by molar-refractivity contribution is 0.780. The van der Waals surface area contributed by atoms with Crippen LogP contribution in [0.1, 0.15) is 13.8 Å². The van der Waals surface area contributed by atoms with E-state index in [1.54, 1.807) is 4.68 Å². The maximum absolute atomic E-state index is 5.94. The summed E-state index contributed by atoms with van der Waals surface area (Å²) in [6.45, 7) is 4.00. The van der Waals surface area contributed by atoms with Crippen LogP contribution in [0, 0.1) is 0 Å². The molecule has 0 atom stereocenters. The van der Waals surface area contributed by atoms with Gasteiger partial charge < -0.3 is 10.6 Å². The highest BCUT2D eigenvalue weighted by molar-refractivity contribution is 6.28. The smallest absolute Gasteiger partial charge is 0.233 e. The molecule has 0 aliphatic heterocycles. The molecule has 0 bridgehead atoms. The van der Waals surface area contributed by atoms with Crippen LogP contribution in [-0.4, -0.2) is 30.8 Å². The summed E-state index contributed by atoms with van der Waals surface area (Å²) >= 11 is 5.94. The lowest BCUT2D eigenvalue weighted by Gasteiger charge is -2.10. The molecule has 0 unspecified atom stereocenters.